The van der Waals surface area contributed by atoms with Crippen LogP contribution in [0.3, 0.4) is 0 Å². The first-order valence-electron chi connectivity index (χ1n) is 25.9. The van der Waals surface area contributed by atoms with Gasteiger partial charge in [-0.3, -0.25) is 28.9 Å². The topological polar surface area (TPSA) is 229 Å². The Labute approximate surface area is 457 Å². The molecule has 4 heterocycles. The standard InChI is InChI=1S/C60H61N5O14/c1-36(2)48(56(70)76-5)62-59(73)64-46-28-19-37(13-12-18-44(54(68)74-3)55(69)75-4)35-45(46)60(58(64)72)47(53(67)61-41-22-24-42(25-23-41)63-29-32-77-33-30-63)50-57(71)79-51(39-16-10-7-11-17-39)49(38-14-8-6-9-15-38)65(50)52(60)40-20-26-43(27-21-40)78-34-31-66/h6-11,14-17,19-28,35-36,44,47-52,66H,18,29-34H2,1-5H3,(H,61,67)(H,62,73)/t47-,48+,49-,50-,51+,52+,60-/m1/s1. The molecule has 19 heteroatoms. The summed E-state index contributed by atoms with van der Waals surface area (Å²) in [5.74, 6) is -2.40. The van der Waals surface area contributed by atoms with E-state index in [-0.39, 0.29) is 36.4 Å². The molecule has 4 amide bonds. The lowest BCUT2D eigenvalue weighted by Crippen LogP contribution is -2.57. The first-order valence-corrected chi connectivity index (χ1v) is 25.9. The van der Waals surface area contributed by atoms with Crippen molar-refractivity contribution in [2.45, 2.75) is 56.0 Å². The monoisotopic (exact) mass is 1080 g/mol. The van der Waals surface area contributed by atoms with Gasteiger partial charge < -0.3 is 49.1 Å². The minimum absolute atomic E-state index is 0.00654. The third kappa shape index (κ3) is 10.6. The number of nitrogens with zero attached hydrogens (tertiary/aromatic N) is 3. The summed E-state index contributed by atoms with van der Waals surface area (Å²) < 4.78 is 32.9. The van der Waals surface area contributed by atoms with Gasteiger partial charge in [0.05, 0.1) is 64.8 Å². The van der Waals surface area contributed by atoms with E-state index < -0.39 is 95.2 Å². The number of nitrogens with one attached hydrogen (secondary N) is 2. The van der Waals surface area contributed by atoms with E-state index in [4.69, 9.17) is 28.4 Å². The Morgan fingerprint density at radius 1 is 0.759 bits per heavy atom. The van der Waals surface area contributed by atoms with Crippen molar-refractivity contribution in [3.63, 3.8) is 0 Å². The predicted octanol–water partition coefficient (Wildman–Crippen LogP) is 5.81. The Morgan fingerprint density at radius 3 is 2.00 bits per heavy atom. The molecule has 79 heavy (non-hydrogen) atoms. The molecule has 9 rings (SSSR count). The highest BCUT2D eigenvalue weighted by molar-refractivity contribution is 6.25. The van der Waals surface area contributed by atoms with Crippen LogP contribution in [-0.4, -0.2) is 125 Å². The molecule has 1 spiro atoms. The summed E-state index contributed by atoms with van der Waals surface area (Å²) in [7, 11) is 3.45. The SMILES string of the molecule is COC(=O)C(CC#Cc1ccc2c(c1)[C@]1(C(=O)N2C(=O)N[C@H](C(=O)OC)C(C)C)[C@H](c2ccc(OCCO)cc2)N2[C@H](c3ccccc3)[C@H](c3ccccc3)OC(=O)[C@H]2[C@@H]1C(=O)Nc1ccc(N2CCOCC2)cc1)C(=O)OC. The maximum absolute atomic E-state index is 16.9. The lowest BCUT2D eigenvalue weighted by Gasteiger charge is -2.46. The Morgan fingerprint density at radius 2 is 1.39 bits per heavy atom. The molecule has 410 valence electrons. The third-order valence-corrected chi connectivity index (χ3v) is 14.9. The Bertz CT molecular complexity index is 3120. The van der Waals surface area contributed by atoms with E-state index in [1.54, 1.807) is 56.3 Å². The summed E-state index contributed by atoms with van der Waals surface area (Å²) in [6.07, 6.45) is -1.35. The molecule has 0 bridgehead atoms. The molecule has 19 nitrogen and oxygen atoms in total. The van der Waals surface area contributed by atoms with Crippen molar-refractivity contribution in [2.75, 3.05) is 76.0 Å². The van der Waals surface area contributed by atoms with Crippen LogP contribution < -0.4 is 25.2 Å². The van der Waals surface area contributed by atoms with Gasteiger partial charge in [0, 0.05) is 36.4 Å². The van der Waals surface area contributed by atoms with E-state index in [0.717, 1.165) is 24.8 Å². The smallest absolute Gasteiger partial charge is 0.329 e. The van der Waals surface area contributed by atoms with Crippen LogP contribution in [0.5, 0.6) is 5.75 Å². The number of ether oxygens (including phenoxy) is 6. The average Bonchev–Trinajstić information content (AvgIpc) is 2.26. The van der Waals surface area contributed by atoms with Gasteiger partial charge in [-0.1, -0.05) is 98.5 Å². The molecular weight excluding hydrogens is 1010 g/mol. The molecule has 5 aromatic carbocycles. The zero-order valence-electron chi connectivity index (χ0n) is 44.3. The molecule has 3 saturated heterocycles. The second kappa shape index (κ2) is 24.0. The molecule has 3 N–H and O–H groups in total. The van der Waals surface area contributed by atoms with Crippen LogP contribution in [0.15, 0.2) is 127 Å². The molecule has 4 aliphatic rings. The number of urea groups is 1. The summed E-state index contributed by atoms with van der Waals surface area (Å²) in [5.41, 5.74) is 1.02. The quantitative estimate of drug-likeness (QED) is 0.0486. The van der Waals surface area contributed by atoms with Crippen LogP contribution in [0.2, 0.25) is 0 Å². The average molecular weight is 1080 g/mol. The number of carbonyl (C=O) groups excluding carboxylic acids is 7. The minimum atomic E-state index is -2.25. The van der Waals surface area contributed by atoms with E-state index in [1.165, 1.54) is 19.2 Å². The van der Waals surface area contributed by atoms with Gasteiger partial charge in [-0.15, -0.1) is 0 Å². The van der Waals surface area contributed by atoms with E-state index in [9.17, 15) is 19.5 Å². The number of rotatable bonds is 15. The zero-order chi connectivity index (χ0) is 56.0. The van der Waals surface area contributed by atoms with Crippen molar-refractivity contribution in [1.29, 1.82) is 0 Å². The number of carbonyl (C=O) groups is 7. The number of hydrogen-bond donors (Lipinski definition) is 3. The van der Waals surface area contributed by atoms with Crippen LogP contribution in [0.25, 0.3) is 0 Å². The van der Waals surface area contributed by atoms with Crippen molar-refractivity contribution in [2.24, 2.45) is 17.8 Å². The van der Waals surface area contributed by atoms with Gasteiger partial charge in [0.15, 0.2) is 5.92 Å². The van der Waals surface area contributed by atoms with E-state index in [1.807, 2.05) is 77.7 Å². The number of hydrogen-bond acceptors (Lipinski definition) is 16. The lowest BCUT2D eigenvalue weighted by molar-refractivity contribution is -0.178. The summed E-state index contributed by atoms with van der Waals surface area (Å²) in [5, 5.41) is 15.5. The van der Waals surface area contributed by atoms with Crippen molar-refractivity contribution < 1.29 is 67.1 Å². The number of amides is 4. The van der Waals surface area contributed by atoms with Crippen LogP contribution in [0.4, 0.5) is 21.9 Å². The normalized spacial score (nSPS) is 21.7. The molecule has 4 aliphatic heterocycles. The van der Waals surface area contributed by atoms with Gasteiger partial charge in [-0.05, 0) is 82.8 Å². The van der Waals surface area contributed by atoms with Crippen LogP contribution in [0.1, 0.15) is 66.3 Å². The van der Waals surface area contributed by atoms with Crippen molar-refractivity contribution >= 4 is 58.8 Å². The van der Waals surface area contributed by atoms with Gasteiger partial charge in [-0.2, -0.15) is 0 Å². The molecule has 7 atom stereocenters. The molecular formula is C60H61N5O14. The first kappa shape index (κ1) is 55.2. The molecule has 5 aromatic rings. The zero-order valence-corrected chi connectivity index (χ0v) is 44.3. The number of cyclic esters (lactones) is 1. The maximum Gasteiger partial charge on any atom is 0.329 e. The summed E-state index contributed by atoms with van der Waals surface area (Å²) in [6.45, 7) is 5.51. The fraction of sp³-hybridized carbons (Fsp3) is 0.350. The number of benzene rings is 5. The maximum atomic E-state index is 16.9. The highest BCUT2D eigenvalue weighted by atomic mass is 16.6. The van der Waals surface area contributed by atoms with E-state index in [0.29, 0.717) is 54.4 Å². The Balaban J connectivity index is 1.33. The summed E-state index contributed by atoms with van der Waals surface area (Å²) in [6, 6.07) is 30.9. The summed E-state index contributed by atoms with van der Waals surface area (Å²) in [4.78, 5) is 108. The van der Waals surface area contributed by atoms with Crippen LogP contribution >= 0.6 is 0 Å². The predicted molar refractivity (Wildman–Crippen MR) is 287 cm³/mol. The number of anilines is 3. The van der Waals surface area contributed by atoms with Crippen LogP contribution in [-0.2, 0) is 57.9 Å². The van der Waals surface area contributed by atoms with Crippen LogP contribution in [0, 0.1) is 29.6 Å². The molecule has 0 saturated carbocycles. The number of imide groups is 1. The minimum Gasteiger partial charge on any atom is -0.491 e. The van der Waals surface area contributed by atoms with Crippen molar-refractivity contribution in [1.82, 2.24) is 10.2 Å². The number of methoxy groups -OCH3 is 3. The number of aliphatic hydroxyl groups is 1. The number of fused-ring (bicyclic) bond motifs is 3. The fourth-order valence-electron chi connectivity index (χ4n) is 11.3. The third-order valence-electron chi connectivity index (χ3n) is 14.9. The van der Waals surface area contributed by atoms with E-state index >= 15 is 19.2 Å². The molecule has 0 radical (unpaired) electrons. The van der Waals surface area contributed by atoms with E-state index in [2.05, 4.69) is 27.4 Å². The highest BCUT2D eigenvalue weighted by Crippen LogP contribution is 2.66. The Hall–Kier alpha value is -8.57. The Kier molecular flexibility index (Phi) is 16.8. The molecule has 0 unspecified atom stereocenters. The van der Waals surface area contributed by atoms with Gasteiger partial charge in [0.2, 0.25) is 11.8 Å². The van der Waals surface area contributed by atoms with Crippen molar-refractivity contribution in [3.8, 4) is 17.6 Å². The largest absolute Gasteiger partial charge is 0.491 e. The molecule has 3 fully saturated rings. The fourth-order valence-corrected chi connectivity index (χ4v) is 11.3. The van der Waals surface area contributed by atoms with Gasteiger partial charge in [0.25, 0.3) is 0 Å². The second-order valence-corrected chi connectivity index (χ2v) is 19.7. The van der Waals surface area contributed by atoms with Gasteiger partial charge in [-0.25, -0.2) is 14.5 Å². The number of esters is 4. The summed E-state index contributed by atoms with van der Waals surface area (Å²) >= 11 is 0. The number of morpholine rings is 2. The lowest BCUT2D eigenvalue weighted by atomic mass is 9.65. The second-order valence-electron chi connectivity index (χ2n) is 19.7. The van der Waals surface area contributed by atoms with Gasteiger partial charge >= 0.3 is 29.9 Å². The first-order chi connectivity index (χ1) is 38.3. The van der Waals surface area contributed by atoms with Crippen molar-refractivity contribution in [3.05, 3.63) is 155 Å². The molecule has 0 aliphatic carbocycles. The molecule has 0 aromatic heterocycles. The van der Waals surface area contributed by atoms with Gasteiger partial charge in [0.1, 0.15) is 36.0 Å². The highest BCUT2D eigenvalue weighted by Gasteiger charge is 2.75. The number of aliphatic hydroxyl groups excluding tert-OH is 1.